The number of hydrogen-bond acceptors (Lipinski definition) is 8. The van der Waals surface area contributed by atoms with Crippen LogP contribution in [0.2, 0.25) is 0 Å². The zero-order chi connectivity index (χ0) is 16.9. The lowest BCUT2D eigenvalue weighted by Crippen LogP contribution is -2.46. The topological polar surface area (TPSA) is 84.1 Å². The Bertz CT molecular complexity index is 669. The zero-order valence-corrected chi connectivity index (χ0v) is 15.0. The van der Waals surface area contributed by atoms with Gasteiger partial charge in [-0.05, 0) is 12.7 Å². The van der Waals surface area contributed by atoms with Crippen LogP contribution >= 0.6 is 11.8 Å². The maximum Gasteiger partial charge on any atom is 0.227 e. The van der Waals surface area contributed by atoms with Gasteiger partial charge in [0.25, 0.3) is 0 Å². The number of aromatic nitrogens is 4. The molecule has 0 amide bonds. The summed E-state index contributed by atoms with van der Waals surface area (Å²) in [6, 6.07) is 0. The minimum atomic E-state index is 0.560. The molecule has 3 rings (SSSR count). The third-order valence-corrected chi connectivity index (χ3v) is 4.77. The highest BCUT2D eigenvalue weighted by Gasteiger charge is 2.19. The maximum atomic E-state index is 5.89. The summed E-state index contributed by atoms with van der Waals surface area (Å²) in [6.07, 6.45) is 5.65. The molecule has 128 valence electrons. The van der Waals surface area contributed by atoms with E-state index in [1.165, 1.54) is 0 Å². The predicted molar refractivity (Wildman–Crippen MR) is 97.1 cm³/mol. The van der Waals surface area contributed by atoms with Crippen molar-refractivity contribution in [3.63, 3.8) is 0 Å². The Balaban J connectivity index is 1.54. The Morgan fingerprint density at radius 2 is 1.79 bits per heavy atom. The first-order valence-corrected chi connectivity index (χ1v) is 9.14. The molecule has 0 spiro atoms. The molecule has 2 N–H and O–H groups in total. The fourth-order valence-electron chi connectivity index (χ4n) is 2.59. The van der Waals surface area contributed by atoms with Gasteiger partial charge in [-0.15, -0.1) is 0 Å². The van der Waals surface area contributed by atoms with E-state index in [1.807, 2.05) is 19.3 Å². The van der Waals surface area contributed by atoms with E-state index in [-0.39, 0.29) is 0 Å². The minimum Gasteiger partial charge on any atom is -0.383 e. The van der Waals surface area contributed by atoms with Crippen LogP contribution in [0.1, 0.15) is 18.1 Å². The molecule has 7 nitrogen and oxygen atoms in total. The average Bonchev–Trinajstić information content (AvgIpc) is 2.60. The molecule has 1 saturated heterocycles. The Morgan fingerprint density at radius 1 is 1.08 bits per heavy atom. The van der Waals surface area contributed by atoms with Gasteiger partial charge in [0.05, 0.1) is 0 Å². The summed E-state index contributed by atoms with van der Waals surface area (Å²) in [7, 11) is 0. The lowest BCUT2D eigenvalue weighted by atomic mass is 10.2. The van der Waals surface area contributed by atoms with Crippen molar-refractivity contribution in [1.82, 2.24) is 24.8 Å². The van der Waals surface area contributed by atoms with E-state index in [0.29, 0.717) is 5.82 Å². The molecule has 3 heterocycles. The summed E-state index contributed by atoms with van der Waals surface area (Å²) in [5.74, 6) is 2.28. The van der Waals surface area contributed by atoms with Crippen molar-refractivity contribution in [2.24, 2.45) is 0 Å². The largest absolute Gasteiger partial charge is 0.383 e. The first-order chi connectivity index (χ1) is 11.7. The van der Waals surface area contributed by atoms with E-state index < -0.39 is 0 Å². The van der Waals surface area contributed by atoms with Crippen LogP contribution in [0.25, 0.3) is 0 Å². The van der Waals surface area contributed by atoms with Gasteiger partial charge < -0.3 is 10.6 Å². The van der Waals surface area contributed by atoms with Crippen LogP contribution in [0, 0.1) is 6.92 Å². The quantitative estimate of drug-likeness (QED) is 0.646. The van der Waals surface area contributed by atoms with E-state index in [2.05, 4.69) is 36.7 Å². The molecule has 2 aromatic heterocycles. The van der Waals surface area contributed by atoms with Gasteiger partial charge >= 0.3 is 0 Å². The molecule has 2 aromatic rings. The lowest BCUT2D eigenvalue weighted by molar-refractivity contribution is 0.248. The molecular weight excluding hydrogens is 322 g/mol. The summed E-state index contributed by atoms with van der Waals surface area (Å²) in [5, 5.41) is 0.847. The van der Waals surface area contributed by atoms with E-state index in [1.54, 1.807) is 18.0 Å². The Morgan fingerprint density at radius 3 is 2.42 bits per heavy atom. The van der Waals surface area contributed by atoms with Crippen LogP contribution < -0.4 is 10.6 Å². The number of rotatable bonds is 5. The zero-order valence-electron chi connectivity index (χ0n) is 14.1. The molecule has 0 aromatic carbocycles. The number of nitrogen functional groups attached to an aromatic ring is 1. The van der Waals surface area contributed by atoms with Crippen LogP contribution in [0.15, 0.2) is 23.7 Å². The average molecular weight is 345 g/mol. The van der Waals surface area contributed by atoms with Crippen molar-refractivity contribution >= 4 is 23.5 Å². The first-order valence-electron chi connectivity index (χ1n) is 8.16. The standard InChI is InChI=1S/C16H23N7S/c1-3-24-16-19-9-13(10-20-16)11-22-4-6-23(7-5-22)15-18-8-12(2)14(17)21-15/h8-10H,3-7,11H2,1-2H3,(H2,17,18,21). The summed E-state index contributed by atoms with van der Waals surface area (Å²) >= 11 is 1.66. The molecule has 0 radical (unpaired) electrons. The van der Waals surface area contributed by atoms with Crippen LogP contribution in [0.5, 0.6) is 0 Å². The highest BCUT2D eigenvalue weighted by Crippen LogP contribution is 2.16. The summed E-state index contributed by atoms with van der Waals surface area (Å²) in [4.78, 5) is 22.2. The number of hydrogen-bond donors (Lipinski definition) is 1. The van der Waals surface area contributed by atoms with Crippen molar-refractivity contribution in [3.8, 4) is 0 Å². The van der Waals surface area contributed by atoms with Crippen molar-refractivity contribution in [2.75, 3.05) is 42.6 Å². The van der Waals surface area contributed by atoms with Gasteiger partial charge in [-0.2, -0.15) is 4.98 Å². The van der Waals surface area contributed by atoms with E-state index in [4.69, 9.17) is 5.73 Å². The van der Waals surface area contributed by atoms with E-state index in [0.717, 1.165) is 60.7 Å². The molecule has 0 bridgehead atoms. The van der Waals surface area contributed by atoms with Gasteiger partial charge in [-0.1, -0.05) is 18.7 Å². The summed E-state index contributed by atoms with van der Waals surface area (Å²) < 4.78 is 0. The second-order valence-electron chi connectivity index (χ2n) is 5.81. The van der Waals surface area contributed by atoms with E-state index in [9.17, 15) is 0 Å². The number of piperazine rings is 1. The van der Waals surface area contributed by atoms with Gasteiger partial charge in [0, 0.05) is 62.4 Å². The SMILES string of the molecule is CCSc1ncc(CN2CCN(c3ncc(C)c(N)n3)CC2)cn1. The molecule has 0 saturated carbocycles. The number of thioether (sulfide) groups is 1. The predicted octanol–water partition coefficient (Wildman–Crippen LogP) is 1.59. The molecule has 0 aliphatic carbocycles. The van der Waals surface area contributed by atoms with Gasteiger partial charge in [0.2, 0.25) is 5.95 Å². The van der Waals surface area contributed by atoms with Crippen LogP contribution in [-0.2, 0) is 6.54 Å². The lowest BCUT2D eigenvalue weighted by Gasteiger charge is -2.34. The third-order valence-electron chi connectivity index (χ3n) is 4.01. The van der Waals surface area contributed by atoms with Crippen molar-refractivity contribution in [2.45, 2.75) is 25.5 Å². The van der Waals surface area contributed by atoms with E-state index >= 15 is 0 Å². The number of anilines is 2. The highest BCUT2D eigenvalue weighted by molar-refractivity contribution is 7.99. The maximum absolute atomic E-state index is 5.89. The molecule has 1 fully saturated rings. The third kappa shape index (κ3) is 4.12. The second-order valence-corrected chi connectivity index (χ2v) is 7.04. The first kappa shape index (κ1) is 16.9. The molecule has 0 atom stereocenters. The van der Waals surface area contributed by atoms with Gasteiger partial charge in [-0.3, -0.25) is 4.90 Å². The van der Waals surface area contributed by atoms with Crippen LogP contribution in [-0.4, -0.2) is 56.8 Å². The highest BCUT2D eigenvalue weighted by atomic mass is 32.2. The number of nitrogens with two attached hydrogens (primary N) is 1. The van der Waals surface area contributed by atoms with Crippen molar-refractivity contribution in [3.05, 3.63) is 29.7 Å². The van der Waals surface area contributed by atoms with Gasteiger partial charge in [-0.25, -0.2) is 15.0 Å². The van der Waals surface area contributed by atoms with Gasteiger partial charge in [0.1, 0.15) is 5.82 Å². The van der Waals surface area contributed by atoms with Gasteiger partial charge in [0.15, 0.2) is 5.16 Å². The van der Waals surface area contributed by atoms with Crippen molar-refractivity contribution in [1.29, 1.82) is 0 Å². The molecule has 1 aliphatic rings. The monoisotopic (exact) mass is 345 g/mol. The molecule has 0 unspecified atom stereocenters. The molecule has 24 heavy (non-hydrogen) atoms. The van der Waals surface area contributed by atoms with Crippen molar-refractivity contribution < 1.29 is 0 Å². The van der Waals surface area contributed by atoms with Crippen LogP contribution in [0.3, 0.4) is 0 Å². The van der Waals surface area contributed by atoms with Crippen LogP contribution in [0.4, 0.5) is 11.8 Å². The normalized spacial score (nSPS) is 15.7. The minimum absolute atomic E-state index is 0.560. The fourth-order valence-corrected chi connectivity index (χ4v) is 3.10. The second kappa shape index (κ2) is 7.76. The Labute approximate surface area is 146 Å². The number of nitrogens with zero attached hydrogens (tertiary/aromatic N) is 6. The number of aryl methyl sites for hydroxylation is 1. The molecular formula is C16H23N7S. The Hall–Kier alpha value is -1.93. The molecule has 1 aliphatic heterocycles. The molecule has 8 heteroatoms. The summed E-state index contributed by atoms with van der Waals surface area (Å²) in [5.41, 5.74) is 7.96. The smallest absolute Gasteiger partial charge is 0.227 e. The summed E-state index contributed by atoms with van der Waals surface area (Å²) in [6.45, 7) is 8.61. The fraction of sp³-hybridized carbons (Fsp3) is 0.500. The Kier molecular flexibility index (Phi) is 5.47.